The third kappa shape index (κ3) is 3.25. The van der Waals surface area contributed by atoms with Gasteiger partial charge in [0, 0.05) is 11.7 Å². The third-order valence-electron chi connectivity index (χ3n) is 5.98. The maximum atomic E-state index is 12.2. The molecular formula is C22H26N4O3S. The molecule has 0 unspecified atom stereocenters. The number of nitrogens with one attached hydrogen (secondary N) is 2. The summed E-state index contributed by atoms with van der Waals surface area (Å²) in [6.45, 7) is 6.30. The fourth-order valence-corrected chi connectivity index (χ4v) is 4.92. The van der Waals surface area contributed by atoms with Crippen molar-refractivity contribution >= 4 is 29.3 Å². The van der Waals surface area contributed by atoms with Gasteiger partial charge in [0.25, 0.3) is 5.56 Å². The number of hydrogen-bond acceptors (Lipinski definition) is 3. The molecule has 3 N–H and O–H groups in total. The zero-order valence-corrected chi connectivity index (χ0v) is 18.2. The van der Waals surface area contributed by atoms with Crippen LogP contribution in [0.15, 0.2) is 41.3 Å². The maximum absolute atomic E-state index is 12.2. The molecule has 0 saturated heterocycles. The van der Waals surface area contributed by atoms with Crippen LogP contribution in [-0.4, -0.2) is 36.2 Å². The highest BCUT2D eigenvalue weighted by atomic mass is 32.1. The quantitative estimate of drug-likeness (QED) is 0.532. The molecule has 0 spiro atoms. The van der Waals surface area contributed by atoms with Crippen LogP contribution in [0.1, 0.15) is 51.2 Å². The van der Waals surface area contributed by atoms with Crippen molar-refractivity contribution in [3.8, 4) is 0 Å². The van der Waals surface area contributed by atoms with Gasteiger partial charge in [-0.2, -0.15) is 0 Å². The Labute approximate surface area is 179 Å². The molecule has 30 heavy (non-hydrogen) atoms. The van der Waals surface area contributed by atoms with E-state index < -0.39 is 17.2 Å². The molecule has 0 radical (unpaired) electrons. The van der Waals surface area contributed by atoms with Crippen LogP contribution in [0.2, 0.25) is 0 Å². The zero-order chi connectivity index (χ0) is 21.7. The molecule has 1 aliphatic rings. The van der Waals surface area contributed by atoms with Gasteiger partial charge in [-0.1, -0.05) is 24.3 Å². The molecule has 2 aromatic heterocycles. The second kappa shape index (κ2) is 7.12. The van der Waals surface area contributed by atoms with E-state index in [1.54, 1.807) is 11.1 Å². The number of fused-ring (bicyclic) bond motifs is 1. The smallest absolute Gasteiger partial charge is 0.408 e. The van der Waals surface area contributed by atoms with E-state index in [0.717, 1.165) is 35.9 Å². The van der Waals surface area contributed by atoms with Gasteiger partial charge >= 0.3 is 6.09 Å². The molecule has 4 rings (SSSR count). The Hall–Kier alpha value is -2.87. The molecule has 1 fully saturated rings. The molecule has 0 atom stereocenters. The van der Waals surface area contributed by atoms with E-state index >= 15 is 0 Å². The lowest BCUT2D eigenvalue weighted by Gasteiger charge is -2.54. The van der Waals surface area contributed by atoms with Crippen LogP contribution >= 0.6 is 12.2 Å². The largest absolute Gasteiger partial charge is 0.465 e. The van der Waals surface area contributed by atoms with Gasteiger partial charge in [-0.25, -0.2) is 4.79 Å². The number of amides is 1. The summed E-state index contributed by atoms with van der Waals surface area (Å²) in [6.07, 6.45) is 3.43. The summed E-state index contributed by atoms with van der Waals surface area (Å²) in [5, 5.41) is 10.0. The van der Waals surface area contributed by atoms with Crippen LogP contribution in [0.4, 0.5) is 4.79 Å². The number of carboxylic acid groups (broad SMARTS) is 1. The lowest BCUT2D eigenvalue weighted by atomic mass is 9.68. The van der Waals surface area contributed by atoms with Gasteiger partial charge in [0.15, 0.2) is 4.77 Å². The van der Waals surface area contributed by atoms with Gasteiger partial charge in [0.2, 0.25) is 0 Å². The summed E-state index contributed by atoms with van der Waals surface area (Å²) in [7, 11) is 0. The van der Waals surface area contributed by atoms with Crippen LogP contribution in [0.5, 0.6) is 0 Å². The first-order valence-electron chi connectivity index (χ1n) is 10.1. The number of carbonyl (C=O) groups is 1. The van der Waals surface area contributed by atoms with Crippen molar-refractivity contribution in [1.29, 1.82) is 0 Å². The highest BCUT2D eigenvalue weighted by molar-refractivity contribution is 7.71. The van der Waals surface area contributed by atoms with Gasteiger partial charge in [0.05, 0.1) is 17.6 Å². The summed E-state index contributed by atoms with van der Waals surface area (Å²) in [6, 6.07) is 9.90. The number of aromatic amines is 2. The first-order valence-corrected chi connectivity index (χ1v) is 10.5. The summed E-state index contributed by atoms with van der Waals surface area (Å²) in [5.74, 6) is 0. The number of aromatic nitrogens is 3. The predicted molar refractivity (Wildman–Crippen MR) is 118 cm³/mol. The lowest BCUT2D eigenvalue weighted by Crippen LogP contribution is -2.60. The molecule has 158 valence electrons. The van der Waals surface area contributed by atoms with E-state index in [2.05, 4.69) is 16.0 Å². The normalized spacial score (nSPS) is 15.7. The van der Waals surface area contributed by atoms with Crippen molar-refractivity contribution in [1.82, 2.24) is 19.4 Å². The highest BCUT2D eigenvalue weighted by Crippen LogP contribution is 2.49. The number of benzene rings is 1. The minimum absolute atomic E-state index is 0.235. The molecule has 3 aromatic rings. The van der Waals surface area contributed by atoms with E-state index in [-0.39, 0.29) is 5.56 Å². The van der Waals surface area contributed by atoms with Crippen molar-refractivity contribution in [2.75, 3.05) is 0 Å². The topological polar surface area (TPSA) is 94.1 Å². The minimum Gasteiger partial charge on any atom is -0.465 e. The fraction of sp³-hybridized carbons (Fsp3) is 0.409. The summed E-state index contributed by atoms with van der Waals surface area (Å²) >= 11 is 5.40. The van der Waals surface area contributed by atoms with Crippen LogP contribution in [-0.2, 0) is 12.1 Å². The van der Waals surface area contributed by atoms with E-state index in [0.29, 0.717) is 16.8 Å². The van der Waals surface area contributed by atoms with E-state index in [4.69, 9.17) is 12.2 Å². The minimum atomic E-state index is -0.899. The van der Waals surface area contributed by atoms with Crippen molar-refractivity contribution in [3.05, 3.63) is 62.8 Å². The average Bonchev–Trinajstić information content (AvgIpc) is 3.10. The van der Waals surface area contributed by atoms with Crippen LogP contribution in [0.3, 0.4) is 0 Å². The first-order chi connectivity index (χ1) is 14.1. The fourth-order valence-electron chi connectivity index (χ4n) is 4.67. The standard InChI is InChI=1S/C22H26N4O3S/c1-21(2,3)26(20(28)29)22(9-5-10-22)15-7-4-6-14(12-15)13-25-16-8-11-23-17(16)18(27)24-19(25)30/h4,6-8,11-12,23H,5,9-10,13H2,1-3H3,(H,28,29)(H,24,27,30). The van der Waals surface area contributed by atoms with Crippen molar-refractivity contribution in [3.63, 3.8) is 0 Å². The third-order valence-corrected chi connectivity index (χ3v) is 6.31. The molecular weight excluding hydrogens is 400 g/mol. The van der Waals surface area contributed by atoms with Crippen LogP contribution in [0, 0.1) is 4.77 Å². The maximum Gasteiger partial charge on any atom is 0.408 e. The Morgan fingerprint density at radius 1 is 1.30 bits per heavy atom. The van der Waals surface area contributed by atoms with E-state index in [9.17, 15) is 14.7 Å². The molecule has 1 amide bonds. The van der Waals surface area contributed by atoms with Gasteiger partial charge < -0.3 is 14.7 Å². The highest BCUT2D eigenvalue weighted by Gasteiger charge is 2.50. The van der Waals surface area contributed by atoms with Crippen molar-refractivity contribution in [2.45, 2.75) is 57.7 Å². The Morgan fingerprint density at radius 3 is 2.63 bits per heavy atom. The predicted octanol–water partition coefficient (Wildman–Crippen LogP) is 4.59. The van der Waals surface area contributed by atoms with Gasteiger partial charge in [-0.05, 0) is 69.4 Å². The molecule has 7 nitrogen and oxygen atoms in total. The Morgan fingerprint density at radius 2 is 2.03 bits per heavy atom. The first kappa shape index (κ1) is 20.4. The molecule has 1 aromatic carbocycles. The lowest BCUT2D eigenvalue weighted by molar-refractivity contribution is -0.0328. The molecule has 8 heteroatoms. The molecule has 2 heterocycles. The Balaban J connectivity index is 1.77. The molecule has 0 bridgehead atoms. The number of rotatable bonds is 4. The van der Waals surface area contributed by atoms with Crippen molar-refractivity contribution in [2.24, 2.45) is 0 Å². The number of H-pyrrole nitrogens is 2. The van der Waals surface area contributed by atoms with Crippen LogP contribution in [0.25, 0.3) is 11.0 Å². The molecule has 1 saturated carbocycles. The second-order valence-electron chi connectivity index (χ2n) is 8.96. The SMILES string of the molecule is CC(C)(C)N(C(=O)O)C1(c2cccc(Cn3c(=S)[nH]c(=O)c4[nH]ccc43)c2)CCC1. The van der Waals surface area contributed by atoms with E-state index in [1.165, 1.54) is 0 Å². The zero-order valence-electron chi connectivity index (χ0n) is 17.4. The average molecular weight is 427 g/mol. The number of hydrogen-bond donors (Lipinski definition) is 3. The molecule has 1 aliphatic carbocycles. The summed E-state index contributed by atoms with van der Waals surface area (Å²) in [4.78, 5) is 31.6. The Bertz CT molecular complexity index is 1230. The van der Waals surface area contributed by atoms with Crippen molar-refractivity contribution < 1.29 is 9.90 Å². The molecule has 0 aliphatic heterocycles. The number of nitrogens with zero attached hydrogens (tertiary/aromatic N) is 2. The summed E-state index contributed by atoms with van der Waals surface area (Å²) in [5.41, 5.74) is 1.97. The van der Waals surface area contributed by atoms with Gasteiger partial charge in [-0.3, -0.25) is 14.7 Å². The van der Waals surface area contributed by atoms with Gasteiger partial charge in [-0.15, -0.1) is 0 Å². The van der Waals surface area contributed by atoms with Crippen LogP contribution < -0.4 is 5.56 Å². The Kier molecular flexibility index (Phi) is 4.85. The second-order valence-corrected chi connectivity index (χ2v) is 9.34. The van der Waals surface area contributed by atoms with Gasteiger partial charge in [0.1, 0.15) is 5.52 Å². The monoisotopic (exact) mass is 426 g/mol. The summed E-state index contributed by atoms with van der Waals surface area (Å²) < 4.78 is 2.24. The van der Waals surface area contributed by atoms with E-state index in [1.807, 2.05) is 49.6 Å².